The number of rotatable bonds is 4. The quantitative estimate of drug-likeness (QED) is 0.472. The van der Waals surface area contributed by atoms with Gasteiger partial charge >= 0.3 is 0 Å². The summed E-state index contributed by atoms with van der Waals surface area (Å²) in [6.07, 6.45) is 0. The Kier molecular flexibility index (Phi) is 5.18. The molecule has 3 rings (SSSR count). The highest BCUT2D eigenvalue weighted by molar-refractivity contribution is 5.79. The molecule has 26 heavy (non-hydrogen) atoms. The molecule has 0 radical (unpaired) electrons. The Bertz CT molecular complexity index is 803. The molecule has 0 fully saturated rings. The van der Waals surface area contributed by atoms with Crippen LogP contribution in [0.1, 0.15) is 51.7 Å². The SMILES string of the molecule is CC(C)c1ccc(C(C)(C)C)c(N(c2ccccc2)c2ccccc2)c1. The summed E-state index contributed by atoms with van der Waals surface area (Å²) in [5.74, 6) is 0.496. The predicted molar refractivity (Wildman–Crippen MR) is 114 cm³/mol. The van der Waals surface area contributed by atoms with Crippen LogP contribution in [0, 0.1) is 0 Å². The normalized spacial score (nSPS) is 11.6. The third kappa shape index (κ3) is 3.83. The van der Waals surface area contributed by atoms with Crippen LogP contribution < -0.4 is 4.90 Å². The lowest BCUT2D eigenvalue weighted by Crippen LogP contribution is -2.19. The molecule has 0 atom stereocenters. The first-order chi connectivity index (χ1) is 12.4. The lowest BCUT2D eigenvalue weighted by atomic mass is 9.83. The Morgan fingerprint density at radius 1 is 0.692 bits per heavy atom. The van der Waals surface area contributed by atoms with Gasteiger partial charge in [0.1, 0.15) is 0 Å². The maximum atomic E-state index is 2.38. The van der Waals surface area contributed by atoms with Crippen molar-refractivity contribution in [2.45, 2.75) is 46.0 Å². The van der Waals surface area contributed by atoms with Gasteiger partial charge in [-0.05, 0) is 52.8 Å². The smallest absolute Gasteiger partial charge is 0.0501 e. The van der Waals surface area contributed by atoms with Crippen LogP contribution in [0.4, 0.5) is 17.1 Å². The fraction of sp³-hybridized carbons (Fsp3) is 0.280. The predicted octanol–water partition coefficient (Wildman–Crippen LogP) is 7.58. The fourth-order valence-electron chi connectivity index (χ4n) is 3.31. The average Bonchev–Trinajstić information content (AvgIpc) is 2.63. The molecule has 3 aromatic carbocycles. The monoisotopic (exact) mass is 343 g/mol. The second kappa shape index (κ2) is 7.37. The third-order valence-electron chi connectivity index (χ3n) is 4.77. The molecule has 0 amide bonds. The zero-order valence-electron chi connectivity index (χ0n) is 16.5. The van der Waals surface area contributed by atoms with Gasteiger partial charge in [-0.15, -0.1) is 0 Å². The number of hydrogen-bond acceptors (Lipinski definition) is 1. The molecule has 0 aliphatic carbocycles. The summed E-state index contributed by atoms with van der Waals surface area (Å²) in [4.78, 5) is 2.38. The van der Waals surface area contributed by atoms with E-state index in [0.717, 1.165) is 0 Å². The molecule has 1 heteroatoms. The summed E-state index contributed by atoms with van der Waals surface area (Å²) >= 11 is 0. The fourth-order valence-corrected chi connectivity index (χ4v) is 3.31. The standard InChI is InChI=1S/C25H29N/c1-19(2)20-16-17-23(25(3,4)5)24(18-20)26(21-12-8-6-9-13-21)22-14-10-7-11-15-22/h6-19H,1-5H3. The molecule has 0 unspecified atom stereocenters. The lowest BCUT2D eigenvalue weighted by molar-refractivity contribution is 0.590. The molecular formula is C25H29N. The van der Waals surface area contributed by atoms with Gasteiger partial charge in [-0.3, -0.25) is 0 Å². The Labute approximate surface area is 158 Å². The summed E-state index contributed by atoms with van der Waals surface area (Å²) in [6.45, 7) is 11.4. The van der Waals surface area contributed by atoms with Gasteiger partial charge in [0, 0.05) is 11.4 Å². The summed E-state index contributed by atoms with van der Waals surface area (Å²) in [5.41, 5.74) is 6.42. The van der Waals surface area contributed by atoms with Crippen molar-refractivity contribution in [1.29, 1.82) is 0 Å². The van der Waals surface area contributed by atoms with Crippen molar-refractivity contribution in [1.82, 2.24) is 0 Å². The molecule has 0 spiro atoms. The molecule has 0 aromatic heterocycles. The number of hydrogen-bond donors (Lipinski definition) is 0. The highest BCUT2D eigenvalue weighted by Gasteiger charge is 2.24. The van der Waals surface area contributed by atoms with Gasteiger partial charge in [-0.2, -0.15) is 0 Å². The van der Waals surface area contributed by atoms with Gasteiger partial charge in [0.25, 0.3) is 0 Å². The summed E-state index contributed by atoms with van der Waals surface area (Å²) in [5, 5.41) is 0. The van der Waals surface area contributed by atoms with Crippen LogP contribution in [0.15, 0.2) is 78.9 Å². The molecule has 0 saturated carbocycles. The van der Waals surface area contributed by atoms with Crippen LogP contribution in [-0.4, -0.2) is 0 Å². The van der Waals surface area contributed by atoms with Crippen molar-refractivity contribution in [3.63, 3.8) is 0 Å². The van der Waals surface area contributed by atoms with Gasteiger partial charge in [0.15, 0.2) is 0 Å². The minimum absolute atomic E-state index is 0.0622. The summed E-state index contributed by atoms with van der Waals surface area (Å²) < 4.78 is 0. The maximum absolute atomic E-state index is 2.38. The Hall–Kier alpha value is -2.54. The van der Waals surface area contributed by atoms with Crippen LogP contribution >= 0.6 is 0 Å². The summed E-state index contributed by atoms with van der Waals surface area (Å²) in [6, 6.07) is 28.2. The van der Waals surface area contributed by atoms with E-state index in [9.17, 15) is 0 Å². The highest BCUT2D eigenvalue weighted by Crippen LogP contribution is 2.41. The number of anilines is 3. The third-order valence-corrected chi connectivity index (χ3v) is 4.77. The van der Waals surface area contributed by atoms with Crippen molar-refractivity contribution < 1.29 is 0 Å². The van der Waals surface area contributed by atoms with E-state index < -0.39 is 0 Å². The van der Waals surface area contributed by atoms with Crippen molar-refractivity contribution in [3.8, 4) is 0 Å². The number of benzene rings is 3. The van der Waals surface area contributed by atoms with E-state index in [1.807, 2.05) is 0 Å². The van der Waals surface area contributed by atoms with E-state index in [1.54, 1.807) is 0 Å². The van der Waals surface area contributed by atoms with E-state index in [1.165, 1.54) is 28.2 Å². The van der Waals surface area contributed by atoms with Crippen LogP contribution in [-0.2, 0) is 5.41 Å². The van der Waals surface area contributed by atoms with Gasteiger partial charge in [0.2, 0.25) is 0 Å². The highest BCUT2D eigenvalue weighted by atomic mass is 15.1. The van der Waals surface area contributed by atoms with Gasteiger partial charge < -0.3 is 4.90 Å². The molecule has 0 saturated heterocycles. The van der Waals surface area contributed by atoms with Crippen molar-refractivity contribution in [2.75, 3.05) is 4.90 Å². The minimum Gasteiger partial charge on any atom is -0.310 e. The average molecular weight is 344 g/mol. The first kappa shape index (κ1) is 18.3. The molecule has 0 bridgehead atoms. The van der Waals surface area contributed by atoms with Crippen LogP contribution in [0.25, 0.3) is 0 Å². The zero-order valence-corrected chi connectivity index (χ0v) is 16.5. The van der Waals surface area contributed by atoms with E-state index >= 15 is 0 Å². The molecule has 0 aliphatic rings. The topological polar surface area (TPSA) is 3.24 Å². The van der Waals surface area contributed by atoms with Crippen molar-refractivity contribution in [3.05, 3.63) is 90.0 Å². The van der Waals surface area contributed by atoms with E-state index in [0.29, 0.717) is 5.92 Å². The Morgan fingerprint density at radius 2 is 1.19 bits per heavy atom. The van der Waals surface area contributed by atoms with E-state index in [4.69, 9.17) is 0 Å². The Morgan fingerprint density at radius 3 is 1.62 bits per heavy atom. The second-order valence-corrected chi connectivity index (χ2v) is 8.19. The van der Waals surface area contributed by atoms with Gasteiger partial charge in [-0.1, -0.05) is 83.1 Å². The van der Waals surface area contributed by atoms with Crippen LogP contribution in [0.3, 0.4) is 0 Å². The van der Waals surface area contributed by atoms with Crippen molar-refractivity contribution in [2.24, 2.45) is 0 Å². The molecule has 1 nitrogen and oxygen atoms in total. The molecule has 0 N–H and O–H groups in total. The largest absolute Gasteiger partial charge is 0.310 e. The molecule has 3 aromatic rings. The first-order valence-electron chi connectivity index (χ1n) is 9.42. The molecule has 0 heterocycles. The Balaban J connectivity index is 2.28. The molecular weight excluding hydrogens is 314 g/mol. The number of para-hydroxylation sites is 2. The first-order valence-corrected chi connectivity index (χ1v) is 9.42. The maximum Gasteiger partial charge on any atom is 0.0501 e. The van der Waals surface area contributed by atoms with E-state index in [2.05, 4.69) is 118 Å². The molecule has 134 valence electrons. The van der Waals surface area contributed by atoms with E-state index in [-0.39, 0.29) is 5.41 Å². The number of nitrogens with zero attached hydrogens (tertiary/aromatic N) is 1. The minimum atomic E-state index is 0.0622. The lowest BCUT2D eigenvalue weighted by Gasteiger charge is -2.32. The zero-order chi connectivity index (χ0) is 18.7. The van der Waals surface area contributed by atoms with Gasteiger partial charge in [-0.25, -0.2) is 0 Å². The molecule has 0 aliphatic heterocycles. The summed E-state index contributed by atoms with van der Waals surface area (Å²) in [7, 11) is 0. The van der Waals surface area contributed by atoms with Gasteiger partial charge in [0.05, 0.1) is 5.69 Å². The van der Waals surface area contributed by atoms with Crippen molar-refractivity contribution >= 4 is 17.1 Å². The second-order valence-electron chi connectivity index (χ2n) is 8.19. The van der Waals surface area contributed by atoms with Crippen LogP contribution in [0.2, 0.25) is 0 Å². The van der Waals surface area contributed by atoms with Crippen LogP contribution in [0.5, 0.6) is 0 Å².